The van der Waals surface area contributed by atoms with Gasteiger partial charge < -0.3 is 39.5 Å². The quantitative estimate of drug-likeness (QED) is 0.122. The lowest BCUT2D eigenvalue weighted by Gasteiger charge is -2.38. The second-order valence-electron chi connectivity index (χ2n) is 13.0. The average molecular weight is 746 g/mol. The standard InChI is InChI=1S/C42H43N5O8/c1-52-41(50)37(27-53-24-29-11-5-2-6-12-29)45-39(48)38-20-32-17-18-35(54-25-30-13-7-3-8-14-30)19-33(32)23-47(38)40(49)36(21-34-22-43-28-44-34)46-42(51)55-26-31-15-9-4-10-16-31/h2-19,22,28,36-38H,20-21,23-27H2,1H3,(H,43,44)(H,45,48)(H,46,51)/t36-,37-,38-/m0/s1. The first-order valence-corrected chi connectivity index (χ1v) is 17.9. The fourth-order valence-electron chi connectivity index (χ4n) is 6.23. The van der Waals surface area contributed by atoms with Crippen molar-refractivity contribution in [3.05, 3.63) is 155 Å². The lowest BCUT2D eigenvalue weighted by Crippen LogP contribution is -2.60. The minimum absolute atomic E-state index is 0.00716. The number of hydrogen-bond donors (Lipinski definition) is 3. The van der Waals surface area contributed by atoms with Crippen LogP contribution in [0.1, 0.15) is 33.5 Å². The number of aromatic nitrogens is 2. The minimum atomic E-state index is -1.15. The number of carbonyl (C=O) groups is 4. The van der Waals surface area contributed by atoms with Gasteiger partial charge in [0, 0.05) is 31.3 Å². The summed E-state index contributed by atoms with van der Waals surface area (Å²) < 4.78 is 22.4. The third-order valence-corrected chi connectivity index (χ3v) is 9.12. The predicted molar refractivity (Wildman–Crippen MR) is 201 cm³/mol. The molecule has 4 aromatic carbocycles. The fraction of sp³-hybridized carbons (Fsp3) is 0.262. The molecule has 1 aliphatic rings. The molecular formula is C42H43N5O8. The maximum atomic E-state index is 14.7. The van der Waals surface area contributed by atoms with Crippen molar-refractivity contribution in [3.63, 3.8) is 0 Å². The van der Waals surface area contributed by atoms with Gasteiger partial charge in [-0.15, -0.1) is 0 Å². The highest BCUT2D eigenvalue weighted by atomic mass is 16.5. The molecule has 6 rings (SSSR count). The number of imidazole rings is 1. The Bertz CT molecular complexity index is 2010. The molecule has 3 amide bonds. The molecule has 0 bridgehead atoms. The van der Waals surface area contributed by atoms with Gasteiger partial charge in [-0.3, -0.25) is 9.59 Å². The molecule has 0 unspecified atom stereocenters. The number of esters is 1. The number of rotatable bonds is 16. The summed E-state index contributed by atoms with van der Waals surface area (Å²) in [4.78, 5) is 63.4. The van der Waals surface area contributed by atoms with E-state index < -0.39 is 42.0 Å². The molecule has 13 heteroatoms. The van der Waals surface area contributed by atoms with Crippen molar-refractivity contribution in [1.29, 1.82) is 0 Å². The summed E-state index contributed by atoms with van der Waals surface area (Å²) in [6.07, 6.45) is 2.38. The molecule has 3 N–H and O–H groups in total. The van der Waals surface area contributed by atoms with Crippen molar-refractivity contribution in [2.45, 2.75) is 57.3 Å². The Labute approximate surface area is 319 Å². The molecule has 1 aromatic heterocycles. The molecule has 13 nitrogen and oxygen atoms in total. The van der Waals surface area contributed by atoms with Gasteiger partial charge in [0.05, 0.1) is 26.7 Å². The second kappa shape index (κ2) is 19.0. The molecule has 0 saturated heterocycles. The molecule has 3 atom stereocenters. The SMILES string of the molecule is COC(=O)[C@H](COCc1ccccc1)NC(=O)[C@@H]1Cc2ccc(OCc3ccccc3)cc2CN1C(=O)[C@H](Cc1cnc[nH]1)NC(=O)OCc1ccccc1. The normalized spacial score (nSPS) is 14.5. The van der Waals surface area contributed by atoms with E-state index in [9.17, 15) is 19.2 Å². The van der Waals surface area contributed by atoms with E-state index >= 15 is 0 Å². The van der Waals surface area contributed by atoms with Crippen LogP contribution < -0.4 is 15.4 Å². The smallest absolute Gasteiger partial charge is 0.408 e. The lowest BCUT2D eigenvalue weighted by molar-refractivity contribution is -0.149. The highest BCUT2D eigenvalue weighted by Crippen LogP contribution is 2.29. The summed E-state index contributed by atoms with van der Waals surface area (Å²) in [5, 5.41) is 5.48. The Balaban J connectivity index is 1.24. The van der Waals surface area contributed by atoms with Gasteiger partial charge in [-0.25, -0.2) is 14.6 Å². The Morgan fingerprint density at radius 1 is 0.800 bits per heavy atom. The number of amides is 3. The second-order valence-corrected chi connectivity index (χ2v) is 13.0. The van der Waals surface area contributed by atoms with Gasteiger partial charge in [0.2, 0.25) is 11.8 Å². The van der Waals surface area contributed by atoms with Crippen molar-refractivity contribution in [1.82, 2.24) is 25.5 Å². The topological polar surface area (TPSA) is 161 Å². The van der Waals surface area contributed by atoms with Gasteiger partial charge >= 0.3 is 12.1 Å². The Morgan fingerprint density at radius 3 is 2.09 bits per heavy atom. The maximum Gasteiger partial charge on any atom is 0.408 e. The monoisotopic (exact) mass is 745 g/mol. The van der Waals surface area contributed by atoms with Crippen LogP contribution >= 0.6 is 0 Å². The van der Waals surface area contributed by atoms with Gasteiger partial charge in [0.1, 0.15) is 31.0 Å². The average Bonchev–Trinajstić information content (AvgIpc) is 3.75. The predicted octanol–water partition coefficient (Wildman–Crippen LogP) is 4.65. The highest BCUT2D eigenvalue weighted by molar-refractivity contribution is 5.94. The molecule has 0 saturated carbocycles. The number of ether oxygens (including phenoxy) is 4. The van der Waals surface area contributed by atoms with Crippen LogP contribution in [0.2, 0.25) is 0 Å². The van der Waals surface area contributed by atoms with Gasteiger partial charge in [-0.05, 0) is 39.9 Å². The largest absolute Gasteiger partial charge is 0.489 e. The molecule has 0 aliphatic carbocycles. The van der Waals surface area contributed by atoms with E-state index in [2.05, 4.69) is 20.6 Å². The van der Waals surface area contributed by atoms with E-state index in [1.165, 1.54) is 18.3 Å². The van der Waals surface area contributed by atoms with E-state index in [0.717, 1.165) is 27.8 Å². The van der Waals surface area contributed by atoms with Crippen LogP contribution in [0.5, 0.6) is 5.75 Å². The van der Waals surface area contributed by atoms with Crippen LogP contribution in [0.3, 0.4) is 0 Å². The third kappa shape index (κ3) is 10.8. The number of aromatic amines is 1. The lowest BCUT2D eigenvalue weighted by atomic mass is 9.92. The number of alkyl carbamates (subject to hydrolysis) is 1. The molecule has 1 aliphatic heterocycles. The van der Waals surface area contributed by atoms with Crippen molar-refractivity contribution in [2.75, 3.05) is 13.7 Å². The Morgan fingerprint density at radius 2 is 1.45 bits per heavy atom. The van der Waals surface area contributed by atoms with Crippen LogP contribution in [-0.4, -0.2) is 70.6 Å². The van der Waals surface area contributed by atoms with Gasteiger partial charge in [-0.1, -0.05) is 97.1 Å². The number of carbonyl (C=O) groups excluding carboxylic acids is 4. The van der Waals surface area contributed by atoms with Crippen LogP contribution in [0, 0.1) is 0 Å². The third-order valence-electron chi connectivity index (χ3n) is 9.12. The molecule has 55 heavy (non-hydrogen) atoms. The highest BCUT2D eigenvalue weighted by Gasteiger charge is 2.40. The molecule has 0 radical (unpaired) electrons. The molecule has 0 fully saturated rings. The van der Waals surface area contributed by atoms with E-state index in [1.807, 2.05) is 109 Å². The first-order valence-electron chi connectivity index (χ1n) is 17.9. The van der Waals surface area contributed by atoms with Crippen LogP contribution in [0.4, 0.5) is 4.79 Å². The number of methoxy groups -OCH3 is 1. The van der Waals surface area contributed by atoms with Gasteiger partial charge in [0.25, 0.3) is 0 Å². The summed E-state index contributed by atoms with van der Waals surface area (Å²) in [5.41, 5.74) is 4.84. The first kappa shape index (κ1) is 38.3. The van der Waals surface area contributed by atoms with Crippen LogP contribution in [-0.2, 0) is 67.8 Å². The molecule has 0 spiro atoms. The number of nitrogens with zero attached hydrogens (tertiary/aromatic N) is 2. The fourth-order valence-corrected chi connectivity index (χ4v) is 6.23. The Hall–Kier alpha value is -6.47. The molecule has 5 aromatic rings. The van der Waals surface area contributed by atoms with Gasteiger partial charge in [-0.2, -0.15) is 0 Å². The zero-order valence-electron chi connectivity index (χ0n) is 30.4. The van der Waals surface area contributed by atoms with Crippen molar-refractivity contribution < 1.29 is 38.1 Å². The van der Waals surface area contributed by atoms with Gasteiger partial charge in [0.15, 0.2) is 6.04 Å². The number of benzene rings is 4. The number of hydrogen-bond acceptors (Lipinski definition) is 9. The number of fused-ring (bicyclic) bond motifs is 1. The van der Waals surface area contributed by atoms with E-state index in [-0.39, 0.29) is 39.2 Å². The molecule has 284 valence electrons. The first-order chi connectivity index (χ1) is 26.9. The summed E-state index contributed by atoms with van der Waals surface area (Å²) in [7, 11) is 1.23. The molecular weight excluding hydrogens is 702 g/mol. The van der Waals surface area contributed by atoms with E-state index in [0.29, 0.717) is 18.1 Å². The zero-order valence-corrected chi connectivity index (χ0v) is 30.4. The summed E-state index contributed by atoms with van der Waals surface area (Å²) in [6, 6.07) is 30.5. The van der Waals surface area contributed by atoms with E-state index in [4.69, 9.17) is 18.9 Å². The van der Waals surface area contributed by atoms with Crippen molar-refractivity contribution >= 4 is 23.9 Å². The van der Waals surface area contributed by atoms with E-state index in [1.54, 1.807) is 6.20 Å². The van der Waals surface area contributed by atoms with Crippen LogP contribution in [0.15, 0.2) is 122 Å². The van der Waals surface area contributed by atoms with Crippen molar-refractivity contribution in [2.24, 2.45) is 0 Å². The summed E-state index contributed by atoms with van der Waals surface area (Å²) >= 11 is 0. The zero-order chi connectivity index (χ0) is 38.4. The molecule has 2 heterocycles. The maximum absolute atomic E-state index is 14.7. The van der Waals surface area contributed by atoms with Crippen molar-refractivity contribution in [3.8, 4) is 5.75 Å². The Kier molecular flexibility index (Phi) is 13.2. The summed E-state index contributed by atoms with van der Waals surface area (Å²) in [6.45, 7) is 0.399. The minimum Gasteiger partial charge on any atom is -0.489 e. The number of H-pyrrole nitrogens is 1. The van der Waals surface area contributed by atoms with Crippen LogP contribution in [0.25, 0.3) is 0 Å². The summed E-state index contributed by atoms with van der Waals surface area (Å²) in [5.74, 6) is -1.23. The number of nitrogens with one attached hydrogen (secondary N) is 3.